The van der Waals surface area contributed by atoms with Gasteiger partial charge in [0.25, 0.3) is 0 Å². The molecule has 0 saturated carbocycles. The first-order valence-corrected chi connectivity index (χ1v) is 8.80. The van der Waals surface area contributed by atoms with Crippen molar-refractivity contribution in [1.29, 1.82) is 0 Å². The van der Waals surface area contributed by atoms with E-state index < -0.39 is 0 Å². The molecule has 0 aliphatic carbocycles. The predicted molar refractivity (Wildman–Crippen MR) is 107 cm³/mol. The summed E-state index contributed by atoms with van der Waals surface area (Å²) in [5.41, 5.74) is 4.87. The van der Waals surface area contributed by atoms with E-state index in [2.05, 4.69) is 60.8 Å². The third-order valence-corrected chi connectivity index (χ3v) is 4.56. The Morgan fingerprint density at radius 2 is 1.50 bits per heavy atom. The van der Waals surface area contributed by atoms with Crippen LogP contribution in [0.1, 0.15) is 24.1 Å². The molecule has 0 bridgehead atoms. The molecule has 1 atom stereocenters. The normalized spacial score (nSPS) is 11.8. The molecular weight excluding hydrogens is 322 g/mol. The van der Waals surface area contributed by atoms with Gasteiger partial charge in [-0.25, -0.2) is 0 Å². The van der Waals surface area contributed by atoms with Gasteiger partial charge < -0.3 is 14.8 Å². The molecular formula is C23H25NO2. The highest BCUT2D eigenvalue weighted by atomic mass is 16.5. The number of benzene rings is 3. The fourth-order valence-electron chi connectivity index (χ4n) is 2.94. The lowest BCUT2D eigenvalue weighted by molar-refractivity contribution is 0.413. The van der Waals surface area contributed by atoms with Crippen LogP contribution in [0.3, 0.4) is 0 Å². The van der Waals surface area contributed by atoms with Crippen molar-refractivity contribution in [2.75, 3.05) is 14.2 Å². The maximum atomic E-state index is 5.31. The Morgan fingerprint density at radius 3 is 2.23 bits per heavy atom. The summed E-state index contributed by atoms with van der Waals surface area (Å²) in [6, 6.07) is 25.2. The summed E-state index contributed by atoms with van der Waals surface area (Å²) in [5, 5.41) is 3.59. The molecule has 3 nitrogen and oxygen atoms in total. The molecule has 3 aromatic rings. The number of rotatable bonds is 7. The van der Waals surface area contributed by atoms with Crippen LogP contribution in [0.25, 0.3) is 11.1 Å². The van der Waals surface area contributed by atoms with Gasteiger partial charge in [0.05, 0.1) is 14.2 Å². The van der Waals surface area contributed by atoms with Gasteiger partial charge in [-0.1, -0.05) is 42.5 Å². The largest absolute Gasteiger partial charge is 0.497 e. The van der Waals surface area contributed by atoms with Gasteiger partial charge >= 0.3 is 0 Å². The van der Waals surface area contributed by atoms with Gasteiger partial charge in [0, 0.05) is 12.6 Å². The van der Waals surface area contributed by atoms with Gasteiger partial charge in [-0.15, -0.1) is 0 Å². The molecule has 0 aliphatic heterocycles. The molecule has 3 heteroatoms. The van der Waals surface area contributed by atoms with Gasteiger partial charge in [0.1, 0.15) is 11.5 Å². The average Bonchev–Trinajstić information content (AvgIpc) is 2.72. The molecule has 0 unspecified atom stereocenters. The highest BCUT2D eigenvalue weighted by molar-refractivity contribution is 5.64. The van der Waals surface area contributed by atoms with Crippen molar-refractivity contribution in [2.45, 2.75) is 19.5 Å². The highest BCUT2D eigenvalue weighted by Gasteiger charge is 2.07. The predicted octanol–water partition coefficient (Wildman–Crippen LogP) is 5.22. The molecule has 0 spiro atoms. The summed E-state index contributed by atoms with van der Waals surface area (Å²) < 4.78 is 10.5. The Morgan fingerprint density at radius 1 is 0.769 bits per heavy atom. The van der Waals surface area contributed by atoms with Crippen molar-refractivity contribution < 1.29 is 9.47 Å². The fraction of sp³-hybridized carbons (Fsp3) is 0.217. The van der Waals surface area contributed by atoms with Gasteiger partial charge in [-0.3, -0.25) is 0 Å². The Labute approximate surface area is 155 Å². The van der Waals surface area contributed by atoms with Gasteiger partial charge in [0.15, 0.2) is 0 Å². The van der Waals surface area contributed by atoms with E-state index in [9.17, 15) is 0 Å². The lowest BCUT2D eigenvalue weighted by Crippen LogP contribution is -2.18. The molecule has 3 rings (SSSR count). The van der Waals surface area contributed by atoms with Crippen LogP contribution in [0.5, 0.6) is 11.5 Å². The van der Waals surface area contributed by atoms with Crippen molar-refractivity contribution in [2.24, 2.45) is 0 Å². The highest BCUT2D eigenvalue weighted by Crippen LogP contribution is 2.24. The standard InChI is InChI=1S/C23H25NO2/c1-17(20-7-5-9-23(15-20)26-3)24-16-18-6-4-8-21(14-18)19-10-12-22(25-2)13-11-19/h4-15,17,24H,16H2,1-3H3/t17-/m1/s1. The van der Waals surface area contributed by atoms with Gasteiger partial charge in [-0.2, -0.15) is 0 Å². The second-order valence-electron chi connectivity index (χ2n) is 6.31. The van der Waals surface area contributed by atoms with Crippen LogP contribution >= 0.6 is 0 Å². The van der Waals surface area contributed by atoms with E-state index >= 15 is 0 Å². The number of methoxy groups -OCH3 is 2. The van der Waals surface area contributed by atoms with Crippen LogP contribution in [0, 0.1) is 0 Å². The molecule has 134 valence electrons. The Hall–Kier alpha value is -2.78. The van der Waals surface area contributed by atoms with Gasteiger partial charge in [-0.05, 0) is 59.5 Å². The van der Waals surface area contributed by atoms with Crippen molar-refractivity contribution in [1.82, 2.24) is 5.32 Å². The van der Waals surface area contributed by atoms with E-state index in [-0.39, 0.29) is 6.04 Å². The monoisotopic (exact) mass is 347 g/mol. The van der Waals surface area contributed by atoms with Crippen molar-refractivity contribution in [3.63, 3.8) is 0 Å². The van der Waals surface area contributed by atoms with Crippen LogP contribution in [-0.2, 0) is 6.54 Å². The van der Waals surface area contributed by atoms with E-state index in [1.165, 1.54) is 22.3 Å². The van der Waals surface area contributed by atoms with E-state index in [4.69, 9.17) is 9.47 Å². The first kappa shape index (κ1) is 18.0. The molecule has 0 aliphatic rings. The van der Waals surface area contributed by atoms with Gasteiger partial charge in [0.2, 0.25) is 0 Å². The summed E-state index contributed by atoms with van der Waals surface area (Å²) in [6.45, 7) is 2.98. The molecule has 1 N–H and O–H groups in total. The second kappa shape index (κ2) is 8.54. The molecule has 0 heterocycles. The van der Waals surface area contributed by atoms with Crippen LogP contribution in [0.4, 0.5) is 0 Å². The summed E-state index contributed by atoms with van der Waals surface area (Å²) in [6.07, 6.45) is 0. The van der Waals surface area contributed by atoms with E-state index in [1.807, 2.05) is 24.3 Å². The summed E-state index contributed by atoms with van der Waals surface area (Å²) >= 11 is 0. The second-order valence-corrected chi connectivity index (χ2v) is 6.31. The summed E-state index contributed by atoms with van der Waals surface area (Å²) in [4.78, 5) is 0. The lowest BCUT2D eigenvalue weighted by atomic mass is 10.0. The number of nitrogens with one attached hydrogen (secondary N) is 1. The minimum Gasteiger partial charge on any atom is -0.497 e. The number of ether oxygens (including phenoxy) is 2. The molecule has 0 aromatic heterocycles. The topological polar surface area (TPSA) is 30.5 Å². The SMILES string of the molecule is COc1ccc(-c2cccc(CN[C@H](C)c3cccc(OC)c3)c2)cc1. The number of hydrogen-bond donors (Lipinski definition) is 1. The van der Waals surface area contributed by atoms with Crippen LogP contribution < -0.4 is 14.8 Å². The zero-order valence-electron chi connectivity index (χ0n) is 15.5. The van der Waals surface area contributed by atoms with E-state index in [0.29, 0.717) is 0 Å². The van der Waals surface area contributed by atoms with Crippen molar-refractivity contribution in [3.8, 4) is 22.6 Å². The maximum absolute atomic E-state index is 5.31. The molecule has 0 fully saturated rings. The quantitative estimate of drug-likeness (QED) is 0.635. The molecule has 0 amide bonds. The maximum Gasteiger partial charge on any atom is 0.119 e. The Bertz CT molecular complexity index is 843. The fourth-order valence-corrected chi connectivity index (χ4v) is 2.94. The zero-order chi connectivity index (χ0) is 18.4. The summed E-state index contributed by atoms with van der Waals surface area (Å²) in [5.74, 6) is 1.76. The zero-order valence-corrected chi connectivity index (χ0v) is 15.5. The Kier molecular flexibility index (Phi) is 5.92. The minimum absolute atomic E-state index is 0.245. The van der Waals surface area contributed by atoms with E-state index in [1.54, 1.807) is 14.2 Å². The first-order valence-electron chi connectivity index (χ1n) is 8.80. The average molecular weight is 347 g/mol. The summed E-state index contributed by atoms with van der Waals surface area (Å²) in [7, 11) is 3.38. The van der Waals surface area contributed by atoms with Crippen LogP contribution in [-0.4, -0.2) is 14.2 Å². The molecule has 0 radical (unpaired) electrons. The third kappa shape index (κ3) is 4.44. The molecule has 0 saturated heterocycles. The third-order valence-electron chi connectivity index (χ3n) is 4.56. The van der Waals surface area contributed by atoms with Crippen LogP contribution in [0.2, 0.25) is 0 Å². The van der Waals surface area contributed by atoms with Crippen molar-refractivity contribution >= 4 is 0 Å². The van der Waals surface area contributed by atoms with Crippen LogP contribution in [0.15, 0.2) is 72.8 Å². The van der Waals surface area contributed by atoms with Crippen molar-refractivity contribution in [3.05, 3.63) is 83.9 Å². The lowest BCUT2D eigenvalue weighted by Gasteiger charge is -2.15. The molecule has 3 aromatic carbocycles. The Balaban J connectivity index is 1.68. The van der Waals surface area contributed by atoms with E-state index in [0.717, 1.165) is 18.0 Å². The number of hydrogen-bond acceptors (Lipinski definition) is 3. The minimum atomic E-state index is 0.245. The first-order chi connectivity index (χ1) is 12.7. The molecule has 26 heavy (non-hydrogen) atoms. The smallest absolute Gasteiger partial charge is 0.119 e.